The van der Waals surface area contributed by atoms with Gasteiger partial charge in [-0.15, -0.1) is 11.8 Å². The van der Waals surface area contributed by atoms with Crippen molar-refractivity contribution in [3.05, 3.63) is 30.3 Å². The van der Waals surface area contributed by atoms with Gasteiger partial charge in [-0.3, -0.25) is 4.79 Å². The molecule has 2 aliphatic rings. The molecule has 1 aromatic rings. The minimum Gasteiger partial charge on any atom is -0.481 e. The third-order valence-corrected chi connectivity index (χ3v) is 7.07. The van der Waals surface area contributed by atoms with E-state index in [1.807, 2.05) is 17.8 Å². The molecule has 0 atom stereocenters. The van der Waals surface area contributed by atoms with Crippen molar-refractivity contribution in [2.24, 2.45) is 5.92 Å². The third kappa shape index (κ3) is 5.16. The molecule has 0 spiro atoms. The first kappa shape index (κ1) is 19.1. The third-order valence-electron chi connectivity index (χ3n) is 5.58. The molecule has 5 nitrogen and oxygen atoms in total. The highest BCUT2D eigenvalue weighted by atomic mass is 32.2. The van der Waals surface area contributed by atoms with E-state index >= 15 is 0 Å². The number of hydrogen-bond donors (Lipinski definition) is 3. The summed E-state index contributed by atoms with van der Waals surface area (Å²) < 4.78 is 0.0830. The quantitative estimate of drug-likeness (QED) is 0.700. The SMILES string of the molecule is O=C(NCC1(Sc2ccccc2)CCCC1)NC1CCC(C(=O)O)CC1. The monoisotopic (exact) mass is 376 g/mol. The van der Waals surface area contributed by atoms with Crippen molar-refractivity contribution in [2.45, 2.75) is 67.1 Å². The summed E-state index contributed by atoms with van der Waals surface area (Å²) in [6.07, 6.45) is 7.45. The fourth-order valence-electron chi connectivity index (χ4n) is 4.04. The lowest BCUT2D eigenvalue weighted by Crippen LogP contribution is -2.48. The molecule has 3 rings (SSSR count). The molecule has 2 saturated carbocycles. The number of amides is 2. The Morgan fingerprint density at radius 2 is 1.73 bits per heavy atom. The first-order valence-electron chi connectivity index (χ1n) is 9.58. The molecule has 0 saturated heterocycles. The highest BCUT2D eigenvalue weighted by Crippen LogP contribution is 2.44. The zero-order valence-corrected chi connectivity index (χ0v) is 15.9. The van der Waals surface area contributed by atoms with Crippen LogP contribution in [0.2, 0.25) is 0 Å². The van der Waals surface area contributed by atoms with Gasteiger partial charge in [0.25, 0.3) is 0 Å². The summed E-state index contributed by atoms with van der Waals surface area (Å²) in [5, 5.41) is 15.2. The second-order valence-electron chi connectivity index (χ2n) is 7.52. The number of rotatable bonds is 6. The van der Waals surface area contributed by atoms with Gasteiger partial charge in [-0.1, -0.05) is 31.0 Å². The summed E-state index contributed by atoms with van der Waals surface area (Å²) in [7, 11) is 0. The summed E-state index contributed by atoms with van der Waals surface area (Å²) >= 11 is 1.88. The van der Waals surface area contributed by atoms with Crippen LogP contribution in [0.1, 0.15) is 51.4 Å². The molecule has 0 radical (unpaired) electrons. The van der Waals surface area contributed by atoms with Crippen molar-refractivity contribution in [2.75, 3.05) is 6.54 Å². The molecule has 2 aliphatic carbocycles. The van der Waals surface area contributed by atoms with Crippen LogP contribution in [0.15, 0.2) is 35.2 Å². The lowest BCUT2D eigenvalue weighted by molar-refractivity contribution is -0.142. The van der Waals surface area contributed by atoms with Gasteiger partial charge in [0.2, 0.25) is 0 Å². The van der Waals surface area contributed by atoms with E-state index in [9.17, 15) is 9.59 Å². The van der Waals surface area contributed by atoms with Gasteiger partial charge in [0.15, 0.2) is 0 Å². The number of hydrogen-bond acceptors (Lipinski definition) is 3. The number of carbonyl (C=O) groups excluding carboxylic acids is 1. The fraction of sp³-hybridized carbons (Fsp3) is 0.600. The maximum absolute atomic E-state index is 12.3. The summed E-state index contributed by atoms with van der Waals surface area (Å²) in [6, 6.07) is 10.4. The van der Waals surface area contributed by atoms with Gasteiger partial charge in [0.05, 0.1) is 5.92 Å². The molecule has 26 heavy (non-hydrogen) atoms. The number of urea groups is 1. The highest BCUT2D eigenvalue weighted by Gasteiger charge is 2.35. The Morgan fingerprint density at radius 1 is 1.08 bits per heavy atom. The predicted octanol–water partition coefficient (Wildman–Crippen LogP) is 4.03. The van der Waals surface area contributed by atoms with E-state index in [4.69, 9.17) is 5.11 Å². The number of thioether (sulfide) groups is 1. The fourth-order valence-corrected chi connectivity index (χ4v) is 5.47. The number of nitrogens with one attached hydrogen (secondary N) is 2. The average molecular weight is 377 g/mol. The van der Waals surface area contributed by atoms with Crippen LogP contribution in [0.4, 0.5) is 4.79 Å². The van der Waals surface area contributed by atoms with Gasteiger partial charge in [-0.25, -0.2) is 4.79 Å². The van der Waals surface area contributed by atoms with Gasteiger partial charge in [-0.2, -0.15) is 0 Å². The summed E-state index contributed by atoms with van der Waals surface area (Å²) in [6.45, 7) is 0.670. The zero-order valence-electron chi connectivity index (χ0n) is 15.1. The van der Waals surface area contributed by atoms with Gasteiger partial charge >= 0.3 is 12.0 Å². The molecule has 0 aliphatic heterocycles. The Hall–Kier alpha value is -1.69. The predicted molar refractivity (Wildman–Crippen MR) is 103 cm³/mol. The van der Waals surface area contributed by atoms with Crippen LogP contribution in [0.25, 0.3) is 0 Å². The summed E-state index contributed by atoms with van der Waals surface area (Å²) in [5.41, 5.74) is 0. The molecule has 2 fully saturated rings. The first-order chi connectivity index (χ1) is 12.6. The van der Waals surface area contributed by atoms with Crippen LogP contribution in [-0.2, 0) is 4.79 Å². The molecule has 0 aromatic heterocycles. The van der Waals surface area contributed by atoms with Gasteiger partial charge < -0.3 is 15.7 Å². The summed E-state index contributed by atoms with van der Waals surface area (Å²) in [4.78, 5) is 24.6. The number of carboxylic acid groups (broad SMARTS) is 1. The van der Waals surface area contributed by atoms with E-state index in [0.29, 0.717) is 19.4 Å². The average Bonchev–Trinajstić information content (AvgIpc) is 3.10. The maximum atomic E-state index is 12.3. The molecular formula is C20H28N2O3S. The van der Waals surface area contributed by atoms with E-state index in [-0.39, 0.29) is 22.7 Å². The highest BCUT2D eigenvalue weighted by molar-refractivity contribution is 8.00. The van der Waals surface area contributed by atoms with Crippen molar-refractivity contribution < 1.29 is 14.7 Å². The largest absolute Gasteiger partial charge is 0.481 e. The van der Waals surface area contributed by atoms with E-state index < -0.39 is 5.97 Å². The van der Waals surface area contributed by atoms with Crippen LogP contribution in [0, 0.1) is 5.92 Å². The molecule has 142 valence electrons. The van der Waals surface area contributed by atoms with Crippen molar-refractivity contribution in [1.29, 1.82) is 0 Å². The Balaban J connectivity index is 1.47. The Bertz CT molecular complexity index is 609. The van der Waals surface area contributed by atoms with Crippen molar-refractivity contribution in [1.82, 2.24) is 10.6 Å². The lowest BCUT2D eigenvalue weighted by Gasteiger charge is -2.30. The Labute approximate surface area is 159 Å². The Morgan fingerprint density at radius 3 is 2.35 bits per heavy atom. The zero-order chi connectivity index (χ0) is 18.4. The van der Waals surface area contributed by atoms with Crippen molar-refractivity contribution >= 4 is 23.8 Å². The van der Waals surface area contributed by atoms with Crippen LogP contribution in [-0.4, -0.2) is 34.4 Å². The van der Waals surface area contributed by atoms with Gasteiger partial charge in [0.1, 0.15) is 0 Å². The van der Waals surface area contributed by atoms with Crippen LogP contribution >= 0.6 is 11.8 Å². The summed E-state index contributed by atoms with van der Waals surface area (Å²) in [5.74, 6) is -0.964. The molecule has 0 heterocycles. The molecule has 0 bridgehead atoms. The van der Waals surface area contributed by atoms with Crippen LogP contribution in [0.3, 0.4) is 0 Å². The normalized spacial score (nSPS) is 24.8. The number of carboxylic acids is 1. The second kappa shape index (κ2) is 8.80. The lowest BCUT2D eigenvalue weighted by atomic mass is 9.86. The van der Waals surface area contributed by atoms with E-state index in [2.05, 4.69) is 34.9 Å². The van der Waals surface area contributed by atoms with Gasteiger partial charge in [-0.05, 0) is 50.7 Å². The Kier molecular flexibility index (Phi) is 6.46. The number of carbonyl (C=O) groups is 2. The molecule has 0 unspecified atom stereocenters. The molecule has 1 aromatic carbocycles. The van der Waals surface area contributed by atoms with E-state index in [0.717, 1.165) is 25.7 Å². The van der Waals surface area contributed by atoms with Crippen molar-refractivity contribution in [3.8, 4) is 0 Å². The molecule has 2 amide bonds. The minimum atomic E-state index is -0.714. The minimum absolute atomic E-state index is 0.0830. The van der Waals surface area contributed by atoms with E-state index in [1.54, 1.807) is 0 Å². The van der Waals surface area contributed by atoms with E-state index in [1.165, 1.54) is 17.7 Å². The molecule has 3 N–H and O–H groups in total. The number of benzene rings is 1. The van der Waals surface area contributed by atoms with Crippen LogP contribution < -0.4 is 10.6 Å². The second-order valence-corrected chi connectivity index (χ2v) is 9.06. The maximum Gasteiger partial charge on any atom is 0.315 e. The topological polar surface area (TPSA) is 78.4 Å². The first-order valence-corrected chi connectivity index (χ1v) is 10.4. The molecule has 6 heteroatoms. The smallest absolute Gasteiger partial charge is 0.315 e. The molecular weight excluding hydrogens is 348 g/mol. The van der Waals surface area contributed by atoms with Crippen molar-refractivity contribution in [3.63, 3.8) is 0 Å². The number of aliphatic carboxylic acids is 1. The van der Waals surface area contributed by atoms with Gasteiger partial charge in [0, 0.05) is 22.2 Å². The van der Waals surface area contributed by atoms with Crippen LogP contribution in [0.5, 0.6) is 0 Å². The standard InChI is InChI=1S/C20H28N2O3S/c23-18(24)15-8-10-16(11-9-15)22-19(25)21-14-20(12-4-5-13-20)26-17-6-2-1-3-7-17/h1-3,6-7,15-16H,4-5,8-14H2,(H,23,24)(H2,21,22,25).